The Kier molecular flexibility index (Phi) is 6.29. The lowest BCUT2D eigenvalue weighted by Gasteiger charge is -2.13. The molecule has 0 bridgehead atoms. The first kappa shape index (κ1) is 22.7. The molecule has 0 fully saturated rings. The number of nitrogens with zero attached hydrogens (tertiary/aromatic N) is 3. The highest BCUT2D eigenvalue weighted by atomic mass is 32.2. The molecule has 0 spiro atoms. The second-order valence-electron chi connectivity index (χ2n) is 7.92. The summed E-state index contributed by atoms with van der Waals surface area (Å²) in [6.07, 6.45) is 0. The molecule has 0 unspecified atom stereocenters. The van der Waals surface area contributed by atoms with Crippen molar-refractivity contribution in [2.75, 3.05) is 14.2 Å². The van der Waals surface area contributed by atoms with Crippen LogP contribution in [0.25, 0.3) is 28.0 Å². The summed E-state index contributed by atoms with van der Waals surface area (Å²) in [6, 6.07) is 22.8. The van der Waals surface area contributed by atoms with Gasteiger partial charge in [0.15, 0.2) is 11.0 Å². The van der Waals surface area contributed by atoms with Gasteiger partial charge in [0, 0.05) is 17.2 Å². The molecule has 8 heteroatoms. The predicted octanol–water partition coefficient (Wildman–Crippen LogP) is 5.66. The van der Waals surface area contributed by atoms with E-state index in [1.165, 1.54) is 11.8 Å². The Morgan fingerprint density at radius 2 is 1.74 bits per heavy atom. The molecule has 35 heavy (non-hydrogen) atoms. The Hall–Kier alpha value is -4.04. The average molecular weight is 486 g/mol. The van der Waals surface area contributed by atoms with Gasteiger partial charge < -0.3 is 13.9 Å². The molecule has 0 aliphatic carbocycles. The first-order valence-electron chi connectivity index (χ1n) is 11.0. The Morgan fingerprint density at radius 1 is 0.943 bits per heavy atom. The van der Waals surface area contributed by atoms with Crippen molar-refractivity contribution in [3.05, 3.63) is 94.3 Å². The smallest absolute Gasteiger partial charge is 0.336 e. The van der Waals surface area contributed by atoms with Crippen LogP contribution in [0.1, 0.15) is 11.1 Å². The van der Waals surface area contributed by atoms with Gasteiger partial charge in [0.05, 0.1) is 25.5 Å². The van der Waals surface area contributed by atoms with Crippen molar-refractivity contribution >= 4 is 22.7 Å². The molecule has 0 aliphatic heterocycles. The minimum Gasteiger partial charge on any atom is -0.497 e. The van der Waals surface area contributed by atoms with Crippen LogP contribution in [-0.4, -0.2) is 29.0 Å². The van der Waals surface area contributed by atoms with Crippen molar-refractivity contribution in [1.82, 2.24) is 14.8 Å². The zero-order chi connectivity index (χ0) is 24.4. The van der Waals surface area contributed by atoms with Crippen molar-refractivity contribution < 1.29 is 13.9 Å². The number of aromatic nitrogens is 3. The lowest BCUT2D eigenvalue weighted by molar-refractivity contribution is 0.414. The maximum atomic E-state index is 12.2. The fourth-order valence-corrected chi connectivity index (χ4v) is 4.87. The van der Waals surface area contributed by atoms with Crippen LogP contribution in [0.2, 0.25) is 0 Å². The molecule has 176 valence electrons. The minimum absolute atomic E-state index is 0.370. The summed E-state index contributed by atoms with van der Waals surface area (Å²) >= 11 is 1.50. The normalized spacial score (nSPS) is 11.1. The maximum absolute atomic E-state index is 12.2. The number of benzene rings is 3. The third-order valence-corrected chi connectivity index (χ3v) is 6.63. The van der Waals surface area contributed by atoms with Gasteiger partial charge >= 0.3 is 5.63 Å². The maximum Gasteiger partial charge on any atom is 0.336 e. The second-order valence-corrected chi connectivity index (χ2v) is 8.86. The molecule has 0 saturated carbocycles. The van der Waals surface area contributed by atoms with E-state index in [1.807, 2.05) is 78.2 Å². The zero-order valence-electron chi connectivity index (χ0n) is 19.5. The largest absolute Gasteiger partial charge is 0.497 e. The van der Waals surface area contributed by atoms with Gasteiger partial charge in [-0.25, -0.2) is 4.79 Å². The van der Waals surface area contributed by atoms with E-state index in [1.54, 1.807) is 20.3 Å². The standard InChI is InChI=1S/C27H23N3O4S/c1-17-8-13-21-18(15-25(31)34-24(21)14-17)16-35-27-29-28-26(22-6-4-5-7-23(22)33-3)30(27)19-9-11-20(32-2)12-10-19/h4-15H,16H2,1-3H3. The Labute approximate surface area is 206 Å². The molecule has 0 aliphatic rings. The molecule has 0 saturated heterocycles. The Bertz CT molecular complexity index is 1560. The quantitative estimate of drug-likeness (QED) is 0.217. The molecule has 3 aromatic carbocycles. The van der Waals surface area contributed by atoms with E-state index in [2.05, 4.69) is 10.2 Å². The number of para-hydroxylation sites is 1. The SMILES string of the molecule is COc1ccc(-n2c(SCc3cc(=O)oc4cc(C)ccc34)nnc2-c2ccccc2OC)cc1. The molecule has 0 radical (unpaired) electrons. The van der Waals surface area contributed by atoms with Gasteiger partial charge in [0.25, 0.3) is 0 Å². The summed E-state index contributed by atoms with van der Waals surface area (Å²) in [5.41, 5.74) is 3.83. The first-order valence-corrected chi connectivity index (χ1v) is 12.0. The average Bonchev–Trinajstić information content (AvgIpc) is 3.30. The number of thioether (sulfide) groups is 1. The third-order valence-electron chi connectivity index (χ3n) is 5.65. The molecule has 5 rings (SSSR count). The summed E-state index contributed by atoms with van der Waals surface area (Å²) in [5.74, 6) is 2.63. The highest BCUT2D eigenvalue weighted by Crippen LogP contribution is 2.35. The molecule has 0 atom stereocenters. The van der Waals surface area contributed by atoms with E-state index in [0.29, 0.717) is 28.1 Å². The van der Waals surface area contributed by atoms with E-state index in [9.17, 15) is 4.79 Å². The van der Waals surface area contributed by atoms with E-state index in [0.717, 1.165) is 33.5 Å². The molecule has 5 aromatic rings. The number of aryl methyl sites for hydroxylation is 1. The van der Waals surface area contributed by atoms with Gasteiger partial charge in [0.1, 0.15) is 17.1 Å². The fourth-order valence-electron chi connectivity index (χ4n) is 3.93. The fraction of sp³-hybridized carbons (Fsp3) is 0.148. The first-order chi connectivity index (χ1) is 17.1. The van der Waals surface area contributed by atoms with E-state index < -0.39 is 0 Å². The molecule has 0 amide bonds. The van der Waals surface area contributed by atoms with Gasteiger partial charge in [0.2, 0.25) is 0 Å². The molecular weight excluding hydrogens is 462 g/mol. The number of fused-ring (bicyclic) bond motifs is 1. The summed E-state index contributed by atoms with van der Waals surface area (Å²) in [5, 5.41) is 10.6. The zero-order valence-corrected chi connectivity index (χ0v) is 20.3. The number of rotatable bonds is 7. The molecular formula is C27H23N3O4S. The Balaban J connectivity index is 1.59. The lowest BCUT2D eigenvalue weighted by atomic mass is 10.1. The van der Waals surface area contributed by atoms with Gasteiger partial charge in [-0.3, -0.25) is 4.57 Å². The van der Waals surface area contributed by atoms with Crippen molar-refractivity contribution in [3.63, 3.8) is 0 Å². The van der Waals surface area contributed by atoms with E-state index in [4.69, 9.17) is 13.9 Å². The van der Waals surface area contributed by atoms with Gasteiger partial charge in [-0.15, -0.1) is 10.2 Å². The molecule has 7 nitrogen and oxygen atoms in total. The second kappa shape index (κ2) is 9.68. The van der Waals surface area contributed by atoms with Crippen molar-refractivity contribution in [2.24, 2.45) is 0 Å². The van der Waals surface area contributed by atoms with Crippen LogP contribution >= 0.6 is 11.8 Å². The summed E-state index contributed by atoms with van der Waals surface area (Å²) < 4.78 is 18.3. The summed E-state index contributed by atoms with van der Waals surface area (Å²) in [6.45, 7) is 1.97. The van der Waals surface area contributed by atoms with Crippen LogP contribution in [0.5, 0.6) is 11.5 Å². The van der Waals surface area contributed by atoms with Crippen LogP contribution in [0.3, 0.4) is 0 Å². The van der Waals surface area contributed by atoms with Crippen LogP contribution in [0.15, 0.2) is 87.2 Å². The monoisotopic (exact) mass is 485 g/mol. The van der Waals surface area contributed by atoms with Crippen LogP contribution < -0.4 is 15.1 Å². The highest BCUT2D eigenvalue weighted by Gasteiger charge is 2.19. The van der Waals surface area contributed by atoms with E-state index >= 15 is 0 Å². The minimum atomic E-state index is -0.370. The third kappa shape index (κ3) is 4.52. The van der Waals surface area contributed by atoms with Crippen LogP contribution in [0, 0.1) is 6.92 Å². The van der Waals surface area contributed by atoms with Crippen LogP contribution in [-0.2, 0) is 5.75 Å². The topological polar surface area (TPSA) is 79.4 Å². The van der Waals surface area contributed by atoms with Crippen molar-refractivity contribution in [3.8, 4) is 28.6 Å². The highest BCUT2D eigenvalue weighted by molar-refractivity contribution is 7.98. The predicted molar refractivity (Wildman–Crippen MR) is 137 cm³/mol. The lowest BCUT2D eigenvalue weighted by Crippen LogP contribution is -2.02. The van der Waals surface area contributed by atoms with Gasteiger partial charge in [-0.1, -0.05) is 36.0 Å². The number of ether oxygens (including phenoxy) is 2. The number of methoxy groups -OCH3 is 2. The van der Waals surface area contributed by atoms with E-state index in [-0.39, 0.29) is 5.63 Å². The molecule has 2 aromatic heterocycles. The number of hydrogen-bond donors (Lipinski definition) is 0. The summed E-state index contributed by atoms with van der Waals surface area (Å²) in [4.78, 5) is 12.2. The van der Waals surface area contributed by atoms with Gasteiger partial charge in [-0.2, -0.15) is 0 Å². The summed E-state index contributed by atoms with van der Waals surface area (Å²) in [7, 11) is 3.27. The van der Waals surface area contributed by atoms with Crippen LogP contribution in [0.4, 0.5) is 0 Å². The van der Waals surface area contributed by atoms with Crippen molar-refractivity contribution in [1.29, 1.82) is 0 Å². The molecule has 0 N–H and O–H groups in total. The molecule has 2 heterocycles. The van der Waals surface area contributed by atoms with Gasteiger partial charge in [-0.05, 0) is 60.5 Å². The Morgan fingerprint density at radius 3 is 2.51 bits per heavy atom. The number of hydrogen-bond acceptors (Lipinski definition) is 7. The van der Waals surface area contributed by atoms with Crippen molar-refractivity contribution in [2.45, 2.75) is 17.8 Å².